The van der Waals surface area contributed by atoms with Crippen molar-refractivity contribution in [1.82, 2.24) is 15.0 Å². The van der Waals surface area contributed by atoms with Gasteiger partial charge in [-0.1, -0.05) is 17.7 Å². The van der Waals surface area contributed by atoms with Gasteiger partial charge in [0.25, 0.3) is 0 Å². The average Bonchev–Trinajstić information content (AvgIpc) is 2.75. The third kappa shape index (κ3) is 1.47. The Balaban J connectivity index is 2.30. The Morgan fingerprint density at radius 1 is 1.12 bits per heavy atom. The molecule has 0 aliphatic carbocycles. The molecule has 0 aliphatic rings. The number of aromatic nitrogens is 3. The summed E-state index contributed by atoms with van der Waals surface area (Å²) in [6.45, 7) is 0. The highest BCUT2D eigenvalue weighted by molar-refractivity contribution is 7.18. The highest BCUT2D eigenvalue weighted by atomic mass is 35.5. The highest BCUT2D eigenvalue weighted by Crippen LogP contribution is 2.34. The molecule has 0 N–H and O–H groups in total. The molecule has 3 nitrogen and oxygen atoms in total. The van der Waals surface area contributed by atoms with Crippen LogP contribution in [0.4, 0.5) is 0 Å². The van der Waals surface area contributed by atoms with Crippen LogP contribution in [0.25, 0.3) is 21.5 Å². The van der Waals surface area contributed by atoms with Crippen LogP contribution in [-0.4, -0.2) is 15.0 Å². The minimum Gasteiger partial charge on any atom is -0.256 e. The van der Waals surface area contributed by atoms with Crippen LogP contribution < -0.4 is 0 Å². The van der Waals surface area contributed by atoms with E-state index in [0.29, 0.717) is 5.15 Å². The normalized spacial score (nSPS) is 10.8. The first-order chi connectivity index (χ1) is 7.86. The van der Waals surface area contributed by atoms with Gasteiger partial charge in [0.15, 0.2) is 0 Å². The second-order valence-corrected chi connectivity index (χ2v) is 4.44. The van der Waals surface area contributed by atoms with Crippen LogP contribution in [0.15, 0.2) is 36.1 Å². The zero-order valence-electron chi connectivity index (χ0n) is 8.09. The molecule has 3 aromatic rings. The predicted octanol–water partition coefficient (Wildman–Crippen LogP) is 3.41. The summed E-state index contributed by atoms with van der Waals surface area (Å²) in [5, 5.41) is 2.50. The molecule has 0 fully saturated rings. The van der Waals surface area contributed by atoms with Crippen LogP contribution in [0.2, 0.25) is 5.15 Å². The summed E-state index contributed by atoms with van der Waals surface area (Å²) >= 11 is 7.54. The van der Waals surface area contributed by atoms with E-state index in [1.165, 1.54) is 17.7 Å². The summed E-state index contributed by atoms with van der Waals surface area (Å²) in [5.41, 5.74) is 2.78. The van der Waals surface area contributed by atoms with Gasteiger partial charge in [-0.15, -0.1) is 11.3 Å². The molecule has 0 saturated carbocycles. The number of hydrogen-bond donors (Lipinski definition) is 0. The Morgan fingerprint density at radius 3 is 2.88 bits per heavy atom. The zero-order chi connectivity index (χ0) is 11.0. The molecule has 78 valence electrons. The fourth-order valence-corrected chi connectivity index (χ4v) is 2.69. The van der Waals surface area contributed by atoms with Crippen LogP contribution in [0, 0.1) is 0 Å². The van der Waals surface area contributed by atoms with E-state index in [2.05, 4.69) is 15.0 Å². The van der Waals surface area contributed by atoms with Gasteiger partial charge in [-0.25, -0.2) is 9.97 Å². The number of hydrogen-bond acceptors (Lipinski definition) is 4. The first-order valence-electron chi connectivity index (χ1n) is 4.65. The van der Waals surface area contributed by atoms with E-state index in [1.807, 2.05) is 23.6 Å². The molecule has 16 heavy (non-hydrogen) atoms. The second-order valence-electron chi connectivity index (χ2n) is 3.21. The molecule has 0 spiro atoms. The molecule has 0 atom stereocenters. The topological polar surface area (TPSA) is 38.7 Å². The molecular formula is C11H6ClN3S. The van der Waals surface area contributed by atoms with Gasteiger partial charge in [0, 0.05) is 17.1 Å². The number of thiophene rings is 1. The Morgan fingerprint density at radius 2 is 2.06 bits per heavy atom. The third-order valence-electron chi connectivity index (χ3n) is 2.25. The molecule has 3 heterocycles. The van der Waals surface area contributed by atoms with E-state index in [0.717, 1.165) is 21.5 Å². The lowest BCUT2D eigenvalue weighted by Gasteiger charge is -1.97. The Bertz CT molecular complexity index is 636. The van der Waals surface area contributed by atoms with Gasteiger partial charge in [-0.3, -0.25) is 4.98 Å². The standard InChI is InChI=1S/C11H6ClN3S/c12-11-10-9(14-6-15-11)7(5-16-10)8-3-1-2-4-13-8/h1-6H. The molecule has 0 aliphatic heterocycles. The number of halogens is 1. The van der Waals surface area contributed by atoms with Crippen molar-refractivity contribution in [2.24, 2.45) is 0 Å². The lowest BCUT2D eigenvalue weighted by molar-refractivity contribution is 1.23. The van der Waals surface area contributed by atoms with Crippen molar-refractivity contribution in [1.29, 1.82) is 0 Å². The molecule has 0 aromatic carbocycles. The van der Waals surface area contributed by atoms with E-state index in [9.17, 15) is 0 Å². The van der Waals surface area contributed by atoms with Crippen molar-refractivity contribution in [2.75, 3.05) is 0 Å². The van der Waals surface area contributed by atoms with Gasteiger partial charge in [-0.05, 0) is 12.1 Å². The molecule has 0 unspecified atom stereocenters. The van der Waals surface area contributed by atoms with Gasteiger partial charge in [0.05, 0.1) is 15.9 Å². The third-order valence-corrected chi connectivity index (χ3v) is 3.63. The maximum atomic E-state index is 6.00. The van der Waals surface area contributed by atoms with E-state index in [4.69, 9.17) is 11.6 Å². The van der Waals surface area contributed by atoms with Crippen molar-refractivity contribution in [3.05, 3.63) is 41.3 Å². The zero-order valence-corrected chi connectivity index (χ0v) is 9.66. The van der Waals surface area contributed by atoms with Gasteiger partial charge in [-0.2, -0.15) is 0 Å². The fourth-order valence-electron chi connectivity index (χ4n) is 1.53. The van der Waals surface area contributed by atoms with Crippen molar-refractivity contribution in [3.63, 3.8) is 0 Å². The van der Waals surface area contributed by atoms with Crippen molar-refractivity contribution in [2.45, 2.75) is 0 Å². The number of fused-ring (bicyclic) bond motifs is 1. The Labute approximate surface area is 101 Å². The van der Waals surface area contributed by atoms with Gasteiger partial charge < -0.3 is 0 Å². The molecule has 0 bridgehead atoms. The maximum absolute atomic E-state index is 6.00. The van der Waals surface area contributed by atoms with E-state index in [-0.39, 0.29) is 0 Å². The van der Waals surface area contributed by atoms with E-state index < -0.39 is 0 Å². The first kappa shape index (κ1) is 9.69. The summed E-state index contributed by atoms with van der Waals surface area (Å²) in [6.07, 6.45) is 3.24. The molecule has 0 saturated heterocycles. The fraction of sp³-hybridized carbons (Fsp3) is 0. The van der Waals surface area contributed by atoms with Crippen LogP contribution in [0.3, 0.4) is 0 Å². The molecule has 0 amide bonds. The molecular weight excluding hydrogens is 242 g/mol. The number of rotatable bonds is 1. The summed E-state index contributed by atoms with van der Waals surface area (Å²) in [7, 11) is 0. The molecule has 3 aromatic heterocycles. The van der Waals surface area contributed by atoms with Crippen LogP contribution in [-0.2, 0) is 0 Å². The van der Waals surface area contributed by atoms with Crippen LogP contribution in [0.5, 0.6) is 0 Å². The summed E-state index contributed by atoms with van der Waals surface area (Å²) in [6, 6.07) is 5.80. The molecule has 3 rings (SSSR count). The first-order valence-corrected chi connectivity index (χ1v) is 5.91. The van der Waals surface area contributed by atoms with Gasteiger partial charge in [0.1, 0.15) is 11.5 Å². The lowest BCUT2D eigenvalue weighted by Crippen LogP contribution is -1.83. The predicted molar refractivity (Wildman–Crippen MR) is 65.7 cm³/mol. The minimum absolute atomic E-state index is 0.497. The van der Waals surface area contributed by atoms with Crippen LogP contribution in [0.1, 0.15) is 0 Å². The Hall–Kier alpha value is -1.52. The maximum Gasteiger partial charge on any atom is 0.150 e. The van der Waals surface area contributed by atoms with E-state index >= 15 is 0 Å². The second kappa shape index (κ2) is 3.81. The molecule has 0 radical (unpaired) electrons. The lowest BCUT2D eigenvalue weighted by atomic mass is 10.2. The van der Waals surface area contributed by atoms with Crippen molar-refractivity contribution in [3.8, 4) is 11.3 Å². The Kier molecular flexibility index (Phi) is 2.31. The average molecular weight is 248 g/mol. The van der Waals surface area contributed by atoms with Gasteiger partial charge >= 0.3 is 0 Å². The van der Waals surface area contributed by atoms with E-state index in [1.54, 1.807) is 6.20 Å². The number of pyridine rings is 1. The molecule has 5 heteroatoms. The largest absolute Gasteiger partial charge is 0.256 e. The van der Waals surface area contributed by atoms with Crippen molar-refractivity contribution >= 4 is 33.2 Å². The minimum atomic E-state index is 0.497. The number of nitrogens with zero attached hydrogens (tertiary/aromatic N) is 3. The summed E-state index contributed by atoms with van der Waals surface area (Å²) < 4.78 is 0.907. The summed E-state index contributed by atoms with van der Waals surface area (Å²) in [5.74, 6) is 0. The SMILES string of the molecule is Clc1ncnc2c(-c3ccccn3)csc12. The van der Waals surface area contributed by atoms with Gasteiger partial charge in [0.2, 0.25) is 0 Å². The summed E-state index contributed by atoms with van der Waals surface area (Å²) in [4.78, 5) is 12.5. The quantitative estimate of drug-likeness (QED) is 0.619. The monoisotopic (exact) mass is 247 g/mol. The highest BCUT2D eigenvalue weighted by Gasteiger charge is 2.11. The van der Waals surface area contributed by atoms with Crippen LogP contribution >= 0.6 is 22.9 Å². The smallest absolute Gasteiger partial charge is 0.150 e. The van der Waals surface area contributed by atoms with Crippen molar-refractivity contribution < 1.29 is 0 Å².